The molecule has 1 atom stereocenters. The van der Waals surface area contributed by atoms with Gasteiger partial charge in [0.25, 0.3) is 17.3 Å². The minimum Gasteiger partial charge on any atom is -0.342 e. The minimum absolute atomic E-state index is 0.0915. The van der Waals surface area contributed by atoms with E-state index in [0.29, 0.717) is 28.0 Å². The van der Waals surface area contributed by atoms with Crippen LogP contribution in [-0.2, 0) is 5.75 Å². The Hall–Kier alpha value is -4.65. The van der Waals surface area contributed by atoms with Crippen LogP contribution in [0.2, 0.25) is 0 Å². The molecular formula is C25H21FN6O5S. The molecule has 3 aromatic carbocycles. The van der Waals surface area contributed by atoms with Gasteiger partial charge in [0.2, 0.25) is 0 Å². The van der Waals surface area contributed by atoms with Crippen molar-refractivity contribution in [1.29, 1.82) is 0 Å². The predicted octanol–water partition coefficient (Wildman–Crippen LogP) is 5.31. The van der Waals surface area contributed by atoms with Crippen molar-refractivity contribution in [3.8, 4) is 5.69 Å². The number of hydrogen-bond donors (Lipinski definition) is 1. The van der Waals surface area contributed by atoms with Crippen LogP contribution < -0.4 is 5.32 Å². The number of nitro groups is 2. The summed E-state index contributed by atoms with van der Waals surface area (Å²) in [7, 11) is 0. The second-order valence-corrected chi connectivity index (χ2v) is 9.26. The first-order chi connectivity index (χ1) is 18.1. The van der Waals surface area contributed by atoms with E-state index in [1.165, 1.54) is 54.2 Å². The van der Waals surface area contributed by atoms with E-state index in [4.69, 9.17) is 0 Å². The lowest BCUT2D eigenvalue weighted by Gasteiger charge is -2.16. The fourth-order valence-electron chi connectivity index (χ4n) is 3.64. The quantitative estimate of drug-likeness (QED) is 0.172. The molecule has 13 heteroatoms. The first-order valence-electron chi connectivity index (χ1n) is 11.3. The molecule has 4 aromatic rings. The van der Waals surface area contributed by atoms with Crippen molar-refractivity contribution >= 4 is 29.0 Å². The van der Waals surface area contributed by atoms with Gasteiger partial charge in [0.05, 0.1) is 15.9 Å². The van der Waals surface area contributed by atoms with E-state index in [0.717, 1.165) is 5.56 Å². The molecule has 0 saturated carbocycles. The molecule has 1 aromatic heterocycles. The van der Waals surface area contributed by atoms with Gasteiger partial charge in [-0.05, 0) is 49.7 Å². The van der Waals surface area contributed by atoms with Crippen molar-refractivity contribution in [3.05, 3.63) is 115 Å². The van der Waals surface area contributed by atoms with Gasteiger partial charge < -0.3 is 5.32 Å². The van der Waals surface area contributed by atoms with Crippen LogP contribution in [0.5, 0.6) is 0 Å². The lowest BCUT2D eigenvalue weighted by Crippen LogP contribution is -2.28. The van der Waals surface area contributed by atoms with Gasteiger partial charge in [-0.25, -0.2) is 4.39 Å². The standard InChI is InChI=1S/C25H21FN6O5S/c1-15-3-6-18(13-22(15)32(36)37)24(33)27-16(2)23-28-29-25(38-14-17-4-7-19(26)8-5-17)30(23)20-9-11-21(12-10-20)31(34)35/h3-13,16H,14H2,1-2H3,(H,27,33). The number of halogens is 1. The summed E-state index contributed by atoms with van der Waals surface area (Å²) in [6.45, 7) is 3.26. The molecule has 38 heavy (non-hydrogen) atoms. The Kier molecular flexibility index (Phi) is 7.76. The predicted molar refractivity (Wildman–Crippen MR) is 138 cm³/mol. The molecule has 0 radical (unpaired) electrons. The summed E-state index contributed by atoms with van der Waals surface area (Å²) in [4.78, 5) is 34.3. The highest BCUT2D eigenvalue weighted by Crippen LogP contribution is 2.29. The molecule has 194 valence electrons. The third-order valence-corrected chi connectivity index (χ3v) is 6.66. The third-order valence-electron chi connectivity index (χ3n) is 5.66. The molecule has 4 rings (SSSR count). The van der Waals surface area contributed by atoms with Gasteiger partial charge in [-0.1, -0.05) is 30.0 Å². The van der Waals surface area contributed by atoms with Crippen LogP contribution in [0.3, 0.4) is 0 Å². The summed E-state index contributed by atoms with van der Waals surface area (Å²) in [5.41, 5.74) is 1.66. The summed E-state index contributed by atoms with van der Waals surface area (Å²) < 4.78 is 14.9. The van der Waals surface area contributed by atoms with Gasteiger partial charge in [-0.3, -0.25) is 29.6 Å². The van der Waals surface area contributed by atoms with Crippen LogP contribution in [0.1, 0.15) is 40.3 Å². The topological polar surface area (TPSA) is 146 Å². The van der Waals surface area contributed by atoms with Crippen LogP contribution in [-0.4, -0.2) is 30.5 Å². The molecule has 0 aliphatic heterocycles. The van der Waals surface area contributed by atoms with Crippen LogP contribution >= 0.6 is 11.8 Å². The van der Waals surface area contributed by atoms with Crippen LogP contribution in [0.15, 0.2) is 71.9 Å². The maximum absolute atomic E-state index is 13.3. The van der Waals surface area contributed by atoms with Crippen LogP contribution in [0, 0.1) is 33.0 Å². The van der Waals surface area contributed by atoms with Gasteiger partial charge in [0.15, 0.2) is 11.0 Å². The monoisotopic (exact) mass is 536 g/mol. The molecule has 0 aliphatic rings. The molecule has 0 bridgehead atoms. The number of nitrogens with one attached hydrogen (secondary N) is 1. The van der Waals surface area contributed by atoms with E-state index in [2.05, 4.69) is 15.5 Å². The Morgan fingerprint density at radius 3 is 2.34 bits per heavy atom. The highest BCUT2D eigenvalue weighted by atomic mass is 32.2. The molecule has 11 nitrogen and oxygen atoms in total. The zero-order valence-corrected chi connectivity index (χ0v) is 21.0. The summed E-state index contributed by atoms with van der Waals surface area (Å²) >= 11 is 1.32. The number of carbonyl (C=O) groups is 1. The van der Waals surface area contributed by atoms with Crippen LogP contribution in [0.25, 0.3) is 5.69 Å². The van der Waals surface area contributed by atoms with E-state index in [1.54, 1.807) is 42.7 Å². The molecule has 0 spiro atoms. The number of hydrogen-bond acceptors (Lipinski definition) is 8. The molecule has 1 unspecified atom stereocenters. The summed E-state index contributed by atoms with van der Waals surface area (Å²) in [5.74, 6) is -0.104. The second kappa shape index (κ2) is 11.2. The van der Waals surface area contributed by atoms with Gasteiger partial charge in [0, 0.05) is 40.8 Å². The summed E-state index contributed by atoms with van der Waals surface area (Å²) in [6.07, 6.45) is 0. The highest BCUT2D eigenvalue weighted by molar-refractivity contribution is 7.98. The maximum Gasteiger partial charge on any atom is 0.273 e. The van der Waals surface area contributed by atoms with Gasteiger partial charge >= 0.3 is 0 Å². The van der Waals surface area contributed by atoms with E-state index in [9.17, 15) is 29.4 Å². The highest BCUT2D eigenvalue weighted by Gasteiger charge is 2.23. The van der Waals surface area contributed by atoms with E-state index < -0.39 is 21.8 Å². The molecule has 1 N–H and O–H groups in total. The Bertz CT molecular complexity index is 1510. The first-order valence-corrected chi connectivity index (χ1v) is 12.3. The smallest absolute Gasteiger partial charge is 0.273 e. The number of amides is 1. The fraction of sp³-hybridized carbons (Fsp3) is 0.160. The average Bonchev–Trinajstić information content (AvgIpc) is 3.32. The Morgan fingerprint density at radius 1 is 1.03 bits per heavy atom. The number of rotatable bonds is 9. The maximum atomic E-state index is 13.3. The lowest BCUT2D eigenvalue weighted by atomic mass is 10.1. The van der Waals surface area contributed by atoms with Crippen LogP contribution in [0.4, 0.5) is 15.8 Å². The third kappa shape index (κ3) is 5.83. The second-order valence-electron chi connectivity index (χ2n) is 8.32. The Labute approximate surface area is 220 Å². The molecule has 0 aliphatic carbocycles. The largest absolute Gasteiger partial charge is 0.342 e. The normalized spacial score (nSPS) is 11.7. The van der Waals surface area contributed by atoms with Crippen molar-refractivity contribution in [2.45, 2.75) is 30.8 Å². The molecule has 0 fully saturated rings. The number of nitrogens with zero attached hydrogens (tertiary/aromatic N) is 5. The zero-order chi connectivity index (χ0) is 27.4. The Balaban J connectivity index is 1.64. The Morgan fingerprint density at radius 2 is 1.71 bits per heavy atom. The zero-order valence-electron chi connectivity index (χ0n) is 20.2. The van der Waals surface area contributed by atoms with Crippen molar-refractivity contribution in [3.63, 3.8) is 0 Å². The van der Waals surface area contributed by atoms with Crippen molar-refractivity contribution in [2.24, 2.45) is 0 Å². The van der Waals surface area contributed by atoms with Crippen molar-refractivity contribution in [1.82, 2.24) is 20.1 Å². The fourth-order valence-corrected chi connectivity index (χ4v) is 4.56. The average molecular weight is 537 g/mol. The SMILES string of the molecule is Cc1ccc(C(=O)NC(C)c2nnc(SCc3ccc(F)cc3)n2-c2ccc([N+](=O)[O-])cc2)cc1[N+](=O)[O-]. The molecule has 1 amide bonds. The minimum atomic E-state index is -0.689. The van der Waals surface area contributed by atoms with Crippen molar-refractivity contribution in [2.75, 3.05) is 0 Å². The molecule has 0 saturated heterocycles. The molecule has 1 heterocycles. The number of thioether (sulfide) groups is 1. The number of nitro benzene ring substituents is 2. The van der Waals surface area contributed by atoms with Gasteiger partial charge in [0.1, 0.15) is 5.82 Å². The lowest BCUT2D eigenvalue weighted by molar-refractivity contribution is -0.385. The van der Waals surface area contributed by atoms with Crippen molar-refractivity contribution < 1.29 is 19.0 Å². The van der Waals surface area contributed by atoms with E-state index >= 15 is 0 Å². The summed E-state index contributed by atoms with van der Waals surface area (Å²) in [6, 6.07) is 15.3. The number of aromatic nitrogens is 3. The number of carbonyl (C=O) groups excluding carboxylic acids is 1. The van der Waals surface area contributed by atoms with E-state index in [-0.39, 0.29) is 22.8 Å². The number of non-ortho nitro benzene ring substituents is 1. The summed E-state index contributed by atoms with van der Waals surface area (Å²) in [5, 5.41) is 34.2. The number of benzene rings is 3. The van der Waals surface area contributed by atoms with E-state index in [1.807, 2.05) is 0 Å². The van der Waals surface area contributed by atoms with Gasteiger partial charge in [-0.15, -0.1) is 10.2 Å². The first kappa shape index (κ1) is 26.4. The number of aryl methyl sites for hydroxylation is 1. The van der Waals surface area contributed by atoms with Gasteiger partial charge in [-0.2, -0.15) is 0 Å². The molecular weight excluding hydrogens is 515 g/mol.